The van der Waals surface area contributed by atoms with Crippen molar-refractivity contribution in [2.45, 2.75) is 31.7 Å². The first-order chi connectivity index (χ1) is 16.3. The second-order valence-corrected chi connectivity index (χ2v) is 9.61. The van der Waals surface area contributed by atoms with Crippen LogP contribution in [0, 0.1) is 6.92 Å². The number of hydrogen-bond acceptors (Lipinski definition) is 5. The molecule has 34 heavy (non-hydrogen) atoms. The molecule has 1 N–H and O–H groups in total. The molecule has 0 radical (unpaired) electrons. The van der Waals surface area contributed by atoms with Crippen molar-refractivity contribution in [3.8, 4) is 11.5 Å². The summed E-state index contributed by atoms with van der Waals surface area (Å²) in [5.74, 6) is 0.419. The Kier molecular flexibility index (Phi) is 8.17. The predicted octanol–water partition coefficient (Wildman–Crippen LogP) is 4.09. The summed E-state index contributed by atoms with van der Waals surface area (Å²) in [5.41, 5.74) is 3.02. The Morgan fingerprint density at radius 1 is 0.941 bits per heavy atom. The van der Waals surface area contributed by atoms with Gasteiger partial charge in [-0.3, -0.25) is 9.10 Å². The molecule has 3 rings (SSSR count). The maximum Gasteiger partial charge on any atom is 0.268 e. The van der Waals surface area contributed by atoms with Crippen molar-refractivity contribution < 1.29 is 22.7 Å². The van der Waals surface area contributed by atoms with Crippen LogP contribution in [-0.2, 0) is 27.8 Å². The third-order valence-corrected chi connectivity index (χ3v) is 7.27. The number of methoxy groups -OCH3 is 2. The van der Waals surface area contributed by atoms with Crippen molar-refractivity contribution in [1.82, 2.24) is 5.32 Å². The Bertz CT molecular complexity index is 1240. The summed E-state index contributed by atoms with van der Waals surface area (Å²) in [6, 6.07) is 19.4. The molecule has 0 aromatic heterocycles. The van der Waals surface area contributed by atoms with Gasteiger partial charge in [-0.2, -0.15) is 0 Å². The van der Waals surface area contributed by atoms with Crippen molar-refractivity contribution in [3.63, 3.8) is 0 Å². The molecule has 0 bridgehead atoms. The molecule has 0 aliphatic carbocycles. The van der Waals surface area contributed by atoms with Gasteiger partial charge in [0.1, 0.15) is 22.9 Å². The quantitative estimate of drug-likeness (QED) is 0.471. The van der Waals surface area contributed by atoms with E-state index in [4.69, 9.17) is 9.47 Å². The first-order valence-electron chi connectivity index (χ1n) is 10.9. The van der Waals surface area contributed by atoms with E-state index in [0.717, 1.165) is 27.4 Å². The van der Waals surface area contributed by atoms with Gasteiger partial charge < -0.3 is 14.8 Å². The number of carbonyl (C=O) groups excluding carboxylic acids is 1. The molecule has 0 heterocycles. The van der Waals surface area contributed by atoms with Gasteiger partial charge in [0.05, 0.1) is 19.9 Å². The summed E-state index contributed by atoms with van der Waals surface area (Å²) in [6.45, 7) is 3.64. The van der Waals surface area contributed by atoms with Gasteiger partial charge in [0.25, 0.3) is 10.0 Å². The fraction of sp³-hybridized carbons (Fsp3) is 0.269. The molecule has 0 spiro atoms. The zero-order chi connectivity index (χ0) is 24.7. The predicted molar refractivity (Wildman–Crippen MR) is 133 cm³/mol. The van der Waals surface area contributed by atoms with Crippen LogP contribution in [0.15, 0.2) is 71.6 Å². The minimum absolute atomic E-state index is 0.00657. The van der Waals surface area contributed by atoms with E-state index in [1.165, 1.54) is 7.11 Å². The lowest BCUT2D eigenvalue weighted by Crippen LogP contribution is -2.40. The Morgan fingerprint density at radius 2 is 1.62 bits per heavy atom. The van der Waals surface area contributed by atoms with Gasteiger partial charge in [-0.25, -0.2) is 8.42 Å². The lowest BCUT2D eigenvalue weighted by atomic mass is 10.1. The van der Waals surface area contributed by atoms with Crippen LogP contribution in [0.1, 0.15) is 23.6 Å². The number of amides is 1. The Labute approximate surface area is 201 Å². The summed E-state index contributed by atoms with van der Waals surface area (Å²) in [5, 5.41) is 2.80. The number of hydrogen-bond donors (Lipinski definition) is 1. The zero-order valence-corrected chi connectivity index (χ0v) is 20.7. The molecule has 0 aliphatic rings. The van der Waals surface area contributed by atoms with Crippen molar-refractivity contribution in [1.29, 1.82) is 0 Å². The first-order valence-corrected chi connectivity index (χ1v) is 12.4. The number of aryl methyl sites for hydroxylation is 2. The summed E-state index contributed by atoms with van der Waals surface area (Å²) in [7, 11) is -1.13. The van der Waals surface area contributed by atoms with Gasteiger partial charge in [0.15, 0.2) is 0 Å². The Hall–Kier alpha value is -3.52. The largest absolute Gasteiger partial charge is 0.496 e. The van der Waals surface area contributed by atoms with E-state index in [-0.39, 0.29) is 23.7 Å². The fourth-order valence-corrected chi connectivity index (χ4v) is 5.21. The van der Waals surface area contributed by atoms with Crippen molar-refractivity contribution in [2.24, 2.45) is 0 Å². The number of nitrogens with one attached hydrogen (secondary N) is 1. The van der Waals surface area contributed by atoms with Crippen LogP contribution in [-0.4, -0.2) is 35.1 Å². The maximum atomic E-state index is 13.8. The van der Waals surface area contributed by atoms with Crippen LogP contribution in [0.2, 0.25) is 0 Å². The molecule has 0 fully saturated rings. The molecule has 0 unspecified atom stereocenters. The van der Waals surface area contributed by atoms with Crippen LogP contribution in [0.4, 0.5) is 5.69 Å². The van der Waals surface area contributed by atoms with Crippen LogP contribution < -0.4 is 19.1 Å². The molecule has 1 amide bonds. The van der Waals surface area contributed by atoms with Crippen LogP contribution in [0.3, 0.4) is 0 Å². The lowest BCUT2D eigenvalue weighted by molar-refractivity contribution is -0.119. The number of nitrogens with zero attached hydrogens (tertiary/aromatic N) is 1. The summed E-state index contributed by atoms with van der Waals surface area (Å²) < 4.78 is 39.3. The normalized spacial score (nSPS) is 11.1. The van der Waals surface area contributed by atoms with Gasteiger partial charge in [-0.05, 0) is 54.8 Å². The maximum absolute atomic E-state index is 13.8. The zero-order valence-electron chi connectivity index (χ0n) is 19.9. The van der Waals surface area contributed by atoms with E-state index < -0.39 is 15.9 Å². The highest BCUT2D eigenvalue weighted by Crippen LogP contribution is 2.31. The topological polar surface area (TPSA) is 84.9 Å². The average Bonchev–Trinajstić information content (AvgIpc) is 2.86. The summed E-state index contributed by atoms with van der Waals surface area (Å²) in [4.78, 5) is 12.9. The van der Waals surface area contributed by atoms with Gasteiger partial charge in [-0.15, -0.1) is 0 Å². The lowest BCUT2D eigenvalue weighted by Gasteiger charge is -2.25. The molecule has 0 saturated carbocycles. The summed E-state index contributed by atoms with van der Waals surface area (Å²) in [6.07, 6.45) is 0.818. The highest BCUT2D eigenvalue weighted by Gasteiger charge is 2.30. The van der Waals surface area contributed by atoms with Crippen LogP contribution in [0.25, 0.3) is 0 Å². The van der Waals surface area contributed by atoms with Gasteiger partial charge >= 0.3 is 0 Å². The Morgan fingerprint density at radius 3 is 2.26 bits per heavy atom. The fourth-order valence-electron chi connectivity index (χ4n) is 3.55. The highest BCUT2D eigenvalue weighted by atomic mass is 32.2. The third-order valence-electron chi connectivity index (χ3n) is 5.48. The van der Waals surface area contributed by atoms with Crippen LogP contribution >= 0.6 is 0 Å². The van der Waals surface area contributed by atoms with E-state index in [9.17, 15) is 13.2 Å². The third kappa shape index (κ3) is 5.69. The number of anilines is 1. The number of para-hydroxylation sites is 1. The number of carbonyl (C=O) groups is 1. The van der Waals surface area contributed by atoms with Crippen molar-refractivity contribution in [3.05, 3.63) is 83.4 Å². The number of ether oxygens (including phenoxy) is 2. The molecule has 3 aromatic rings. The summed E-state index contributed by atoms with van der Waals surface area (Å²) >= 11 is 0. The number of sulfonamides is 1. The monoisotopic (exact) mass is 482 g/mol. The van der Waals surface area contributed by atoms with E-state index >= 15 is 0 Å². The molecule has 0 saturated heterocycles. The molecular formula is C26H30N2O5S. The van der Waals surface area contributed by atoms with Gasteiger partial charge in [0.2, 0.25) is 5.91 Å². The second-order valence-electron chi connectivity index (χ2n) is 7.77. The minimum atomic E-state index is -4.11. The smallest absolute Gasteiger partial charge is 0.268 e. The highest BCUT2D eigenvalue weighted by molar-refractivity contribution is 7.93. The first kappa shape index (κ1) is 25.1. The van der Waals surface area contributed by atoms with Crippen LogP contribution in [0.5, 0.6) is 11.5 Å². The molecule has 0 atom stereocenters. The number of rotatable bonds is 10. The van der Waals surface area contributed by atoms with E-state index in [1.807, 2.05) is 37.3 Å². The molecule has 180 valence electrons. The Balaban J connectivity index is 1.94. The van der Waals surface area contributed by atoms with Gasteiger partial charge in [0, 0.05) is 12.1 Å². The van der Waals surface area contributed by atoms with E-state index in [1.54, 1.807) is 50.4 Å². The van der Waals surface area contributed by atoms with Crippen molar-refractivity contribution in [2.75, 3.05) is 25.1 Å². The number of benzene rings is 3. The van der Waals surface area contributed by atoms with Crippen molar-refractivity contribution >= 4 is 21.6 Å². The van der Waals surface area contributed by atoms with Gasteiger partial charge in [-0.1, -0.05) is 43.3 Å². The SMILES string of the molecule is CCc1ccc(N(CC(=O)NCc2ccccc2OC)S(=O)(=O)c2cc(C)ccc2OC)cc1. The standard InChI is InChI=1S/C26H30N2O5S/c1-5-20-11-13-22(14-12-20)28(34(30,31)25-16-19(2)10-15-24(25)33-4)18-26(29)27-17-21-8-6-7-9-23(21)32-3/h6-16H,5,17-18H2,1-4H3,(H,27,29). The molecule has 7 nitrogen and oxygen atoms in total. The molecule has 3 aromatic carbocycles. The average molecular weight is 483 g/mol. The molecule has 0 aliphatic heterocycles. The van der Waals surface area contributed by atoms with E-state index in [0.29, 0.717) is 11.4 Å². The molecular weight excluding hydrogens is 452 g/mol. The molecule has 8 heteroatoms. The second kappa shape index (κ2) is 11.1. The van der Waals surface area contributed by atoms with E-state index in [2.05, 4.69) is 5.32 Å². The minimum Gasteiger partial charge on any atom is -0.496 e.